The summed E-state index contributed by atoms with van der Waals surface area (Å²) in [6, 6.07) is 0. The van der Waals surface area contributed by atoms with Crippen molar-refractivity contribution in [1.82, 2.24) is 0 Å². The Bertz CT molecular complexity index is 123. The minimum absolute atomic E-state index is 2.35. The largest absolute Gasteiger partial charge is 0.551 e. The molecule has 0 heterocycles. The van der Waals surface area contributed by atoms with E-state index < -0.39 is 12.7 Å². The minimum Gasteiger partial charge on any atom is -0.142 e. The van der Waals surface area contributed by atoms with Crippen molar-refractivity contribution in [1.29, 1.82) is 0 Å². The topological polar surface area (TPSA) is 46.2 Å². The molecule has 0 spiro atoms. The second-order valence-electron chi connectivity index (χ2n) is 1.26. The molecule has 0 saturated heterocycles. The normalized spacial score (nSPS) is 13.4. The van der Waals surface area contributed by atoms with Crippen LogP contribution >= 0.6 is 0 Å². The Balaban J connectivity index is 3.28. The van der Waals surface area contributed by atoms with Crippen molar-refractivity contribution in [2.45, 2.75) is 12.7 Å². The van der Waals surface area contributed by atoms with Crippen LogP contribution in [0.15, 0.2) is 0 Å². The molecule has 13 heavy (non-hydrogen) atoms. The average Bonchev–Trinajstić information content (AvgIpc) is 1.81. The number of hydrogen-bond acceptors (Lipinski definition) is 5. The zero-order valence-corrected chi connectivity index (χ0v) is 5.31. The highest BCUT2D eigenvalue weighted by Crippen LogP contribution is 2.18. The van der Waals surface area contributed by atoms with Crippen molar-refractivity contribution >= 4 is 0 Å². The number of hydrogen-bond donors (Lipinski definition) is 0. The minimum atomic E-state index is -5.23. The molecular formula is C2F6O5. The van der Waals surface area contributed by atoms with E-state index in [0.717, 1.165) is 0 Å². The average molecular weight is 218 g/mol. The van der Waals surface area contributed by atoms with Crippen molar-refractivity contribution < 1.29 is 51.2 Å². The molecule has 0 amide bonds. The molecule has 80 valence electrons. The summed E-state index contributed by atoms with van der Waals surface area (Å²) >= 11 is 0. The maximum absolute atomic E-state index is 11.0. The highest BCUT2D eigenvalue weighted by atomic mass is 19.4. The van der Waals surface area contributed by atoms with E-state index >= 15 is 0 Å². The van der Waals surface area contributed by atoms with Gasteiger partial charge < -0.3 is 0 Å². The van der Waals surface area contributed by atoms with Gasteiger partial charge in [-0.05, 0) is 15.1 Å². The van der Waals surface area contributed by atoms with Gasteiger partial charge in [0.15, 0.2) is 0 Å². The summed E-state index contributed by atoms with van der Waals surface area (Å²) in [5.74, 6) is 0. The van der Waals surface area contributed by atoms with Crippen LogP contribution < -0.4 is 0 Å². The summed E-state index contributed by atoms with van der Waals surface area (Å²) in [4.78, 5) is 4.70. The van der Waals surface area contributed by atoms with Crippen molar-refractivity contribution in [3.63, 3.8) is 0 Å². The van der Waals surface area contributed by atoms with E-state index in [2.05, 4.69) is 24.9 Å². The van der Waals surface area contributed by atoms with Crippen molar-refractivity contribution in [3.8, 4) is 0 Å². The predicted molar refractivity (Wildman–Crippen MR) is 17.5 cm³/mol. The summed E-state index contributed by atoms with van der Waals surface area (Å²) in [5.41, 5.74) is 0. The Morgan fingerprint density at radius 3 is 1.08 bits per heavy atom. The Morgan fingerprint density at radius 1 is 0.538 bits per heavy atom. The summed E-state index contributed by atoms with van der Waals surface area (Å²) in [7, 11) is 0. The fourth-order valence-corrected chi connectivity index (χ4v) is 0.116. The van der Waals surface area contributed by atoms with E-state index in [1.165, 1.54) is 0 Å². The lowest BCUT2D eigenvalue weighted by Gasteiger charge is -2.04. The molecule has 0 atom stereocenters. The monoisotopic (exact) mass is 218 g/mol. The first-order chi connectivity index (χ1) is 5.71. The quantitative estimate of drug-likeness (QED) is 0.311. The van der Waals surface area contributed by atoms with Crippen molar-refractivity contribution in [3.05, 3.63) is 0 Å². The van der Waals surface area contributed by atoms with E-state index in [0.29, 0.717) is 0 Å². The van der Waals surface area contributed by atoms with Crippen LogP contribution in [0.2, 0.25) is 0 Å². The van der Waals surface area contributed by atoms with Gasteiger partial charge in [-0.2, -0.15) is 0 Å². The SMILES string of the molecule is FC(F)(F)OOOOOC(F)(F)F. The van der Waals surface area contributed by atoms with Crippen LogP contribution in [0.3, 0.4) is 0 Å². The van der Waals surface area contributed by atoms with Crippen LogP contribution in [-0.2, 0) is 24.9 Å². The molecule has 0 rings (SSSR count). The van der Waals surface area contributed by atoms with E-state index in [9.17, 15) is 26.3 Å². The fraction of sp³-hybridized carbons (Fsp3) is 1.00. The summed E-state index contributed by atoms with van der Waals surface area (Å²) in [5, 5.41) is 7.94. The van der Waals surface area contributed by atoms with Gasteiger partial charge in [-0.1, -0.05) is 9.78 Å². The molecule has 0 aliphatic carbocycles. The lowest BCUT2D eigenvalue weighted by Crippen LogP contribution is -2.17. The Morgan fingerprint density at radius 2 is 0.846 bits per heavy atom. The fourth-order valence-electron chi connectivity index (χ4n) is 0.116. The third-order valence-electron chi connectivity index (χ3n) is 0.313. The Hall–Kier alpha value is -0.620. The molecule has 0 aromatic rings. The molecule has 0 unspecified atom stereocenters. The maximum atomic E-state index is 11.0. The summed E-state index contributed by atoms with van der Waals surface area (Å²) < 4.78 is 65.8. The third-order valence-corrected chi connectivity index (χ3v) is 0.313. The molecule has 0 aromatic heterocycles. The van der Waals surface area contributed by atoms with E-state index in [1.807, 2.05) is 0 Å². The lowest BCUT2D eigenvalue weighted by molar-refractivity contribution is -0.759. The number of halogens is 6. The first-order valence-corrected chi connectivity index (χ1v) is 2.21. The van der Waals surface area contributed by atoms with Crippen LogP contribution in [0.25, 0.3) is 0 Å². The van der Waals surface area contributed by atoms with Crippen LogP contribution in [-0.4, -0.2) is 12.7 Å². The van der Waals surface area contributed by atoms with Gasteiger partial charge in [-0.15, -0.1) is 26.3 Å². The summed E-state index contributed by atoms with van der Waals surface area (Å²) in [6.07, 6.45) is -10.5. The lowest BCUT2D eigenvalue weighted by atomic mass is 11.4. The molecule has 0 aromatic carbocycles. The van der Waals surface area contributed by atoms with Gasteiger partial charge in [-0.25, -0.2) is 0 Å². The number of alkyl halides is 6. The van der Waals surface area contributed by atoms with Crippen LogP contribution in [0.1, 0.15) is 0 Å². The predicted octanol–water partition coefficient (Wildman–Crippen LogP) is 1.77. The Kier molecular flexibility index (Phi) is 4.35. The first kappa shape index (κ1) is 12.4. The van der Waals surface area contributed by atoms with Crippen LogP contribution in [0.5, 0.6) is 0 Å². The first-order valence-electron chi connectivity index (χ1n) is 2.21. The molecule has 5 nitrogen and oxygen atoms in total. The van der Waals surface area contributed by atoms with Gasteiger partial charge in [0.2, 0.25) is 0 Å². The molecule has 0 aliphatic heterocycles. The molecule has 11 heteroatoms. The molecule has 0 saturated carbocycles. The van der Waals surface area contributed by atoms with E-state index in [1.54, 1.807) is 0 Å². The summed E-state index contributed by atoms with van der Waals surface area (Å²) in [6.45, 7) is 0. The standard InChI is InChI=1S/C2F6O5/c3-1(4,5)9-11-13-12-10-2(6,7)8. The van der Waals surface area contributed by atoms with Gasteiger partial charge in [0.1, 0.15) is 0 Å². The molecular weight excluding hydrogens is 218 g/mol. The van der Waals surface area contributed by atoms with Crippen molar-refractivity contribution in [2.24, 2.45) is 0 Å². The number of rotatable bonds is 4. The molecule has 0 N–H and O–H groups in total. The van der Waals surface area contributed by atoms with Gasteiger partial charge in [-0.3, -0.25) is 0 Å². The van der Waals surface area contributed by atoms with E-state index in [4.69, 9.17) is 0 Å². The van der Waals surface area contributed by atoms with Crippen LogP contribution in [0, 0.1) is 0 Å². The second-order valence-corrected chi connectivity index (χ2v) is 1.26. The third kappa shape index (κ3) is 11.4. The zero-order chi connectivity index (χ0) is 10.5. The van der Waals surface area contributed by atoms with Crippen molar-refractivity contribution in [2.75, 3.05) is 0 Å². The smallest absolute Gasteiger partial charge is 0.142 e. The molecule has 0 aliphatic rings. The molecule has 0 radical (unpaired) electrons. The maximum Gasteiger partial charge on any atom is 0.551 e. The van der Waals surface area contributed by atoms with Gasteiger partial charge in [0.05, 0.1) is 0 Å². The Labute approximate surface area is 65.4 Å². The zero-order valence-electron chi connectivity index (χ0n) is 5.31. The van der Waals surface area contributed by atoms with E-state index in [-0.39, 0.29) is 0 Å². The van der Waals surface area contributed by atoms with Gasteiger partial charge in [0.25, 0.3) is 0 Å². The van der Waals surface area contributed by atoms with Gasteiger partial charge >= 0.3 is 12.7 Å². The van der Waals surface area contributed by atoms with Crippen LogP contribution in [0.4, 0.5) is 26.3 Å². The highest BCUT2D eigenvalue weighted by Gasteiger charge is 2.34. The van der Waals surface area contributed by atoms with Gasteiger partial charge in [0, 0.05) is 0 Å². The second kappa shape index (κ2) is 4.57. The highest BCUT2D eigenvalue weighted by molar-refractivity contribution is 4.12. The molecule has 0 bridgehead atoms. The molecule has 0 fully saturated rings.